The molecular formula is C18H18ClNO3. The molecule has 2 aromatic carbocycles. The number of halogens is 1. The van der Waals surface area contributed by atoms with Crippen LogP contribution >= 0.6 is 11.6 Å². The third kappa shape index (κ3) is 3.77. The Morgan fingerprint density at radius 1 is 1.17 bits per heavy atom. The minimum atomic E-state index is 0.0857. The van der Waals surface area contributed by atoms with Gasteiger partial charge in [0.05, 0.1) is 0 Å². The lowest BCUT2D eigenvalue weighted by atomic mass is 10.1. The maximum Gasteiger partial charge on any atom is 0.231 e. The van der Waals surface area contributed by atoms with Crippen LogP contribution < -0.4 is 9.47 Å². The molecule has 0 N–H and O–H groups in total. The Bertz CT molecular complexity index is 717. The maximum absolute atomic E-state index is 12.3. The molecule has 0 aliphatic carbocycles. The molecular weight excluding hydrogens is 314 g/mol. The zero-order chi connectivity index (χ0) is 16.2. The number of hydrogen-bond acceptors (Lipinski definition) is 3. The highest BCUT2D eigenvalue weighted by Gasteiger charge is 2.15. The Morgan fingerprint density at radius 3 is 2.78 bits per heavy atom. The molecule has 3 rings (SSSR count). The number of ether oxygens (including phenoxy) is 2. The SMILES string of the molecule is CN(Cc1ccccc1Cl)C(=O)CCc1ccc2c(c1)OCO2. The third-order valence-corrected chi connectivity index (χ3v) is 4.22. The monoisotopic (exact) mass is 331 g/mol. The molecule has 2 aromatic rings. The summed E-state index contributed by atoms with van der Waals surface area (Å²) in [6.45, 7) is 0.776. The lowest BCUT2D eigenvalue weighted by Gasteiger charge is -2.18. The van der Waals surface area contributed by atoms with Crippen LogP contribution in [0.25, 0.3) is 0 Å². The van der Waals surface area contributed by atoms with Crippen LogP contribution in [0.2, 0.25) is 5.02 Å². The van der Waals surface area contributed by atoms with Crippen molar-refractivity contribution >= 4 is 17.5 Å². The van der Waals surface area contributed by atoms with Crippen molar-refractivity contribution < 1.29 is 14.3 Å². The van der Waals surface area contributed by atoms with Crippen molar-refractivity contribution in [2.24, 2.45) is 0 Å². The largest absolute Gasteiger partial charge is 0.454 e. The van der Waals surface area contributed by atoms with E-state index < -0.39 is 0 Å². The first kappa shape index (κ1) is 15.7. The van der Waals surface area contributed by atoms with E-state index in [2.05, 4.69) is 0 Å². The molecule has 1 amide bonds. The van der Waals surface area contributed by atoms with Crippen LogP contribution in [0, 0.1) is 0 Å². The summed E-state index contributed by atoms with van der Waals surface area (Å²) in [4.78, 5) is 14.0. The number of nitrogens with zero attached hydrogens (tertiary/aromatic N) is 1. The molecule has 0 atom stereocenters. The van der Waals surface area contributed by atoms with E-state index in [1.54, 1.807) is 11.9 Å². The Kier molecular flexibility index (Phi) is 4.72. The normalized spacial score (nSPS) is 12.3. The van der Waals surface area contributed by atoms with Crippen molar-refractivity contribution in [3.05, 3.63) is 58.6 Å². The summed E-state index contributed by atoms with van der Waals surface area (Å²) in [5.41, 5.74) is 2.02. The van der Waals surface area contributed by atoms with Crippen molar-refractivity contribution in [3.63, 3.8) is 0 Å². The number of fused-ring (bicyclic) bond motifs is 1. The second kappa shape index (κ2) is 6.92. The smallest absolute Gasteiger partial charge is 0.231 e. The van der Waals surface area contributed by atoms with Gasteiger partial charge in [0, 0.05) is 25.0 Å². The molecule has 0 fully saturated rings. The summed E-state index contributed by atoms with van der Waals surface area (Å²) in [7, 11) is 1.80. The number of benzene rings is 2. The Hall–Kier alpha value is -2.20. The first-order valence-electron chi connectivity index (χ1n) is 7.49. The van der Waals surface area contributed by atoms with Crippen LogP contribution in [0.1, 0.15) is 17.5 Å². The average Bonchev–Trinajstić information content (AvgIpc) is 3.02. The first-order valence-corrected chi connectivity index (χ1v) is 7.87. The highest BCUT2D eigenvalue weighted by molar-refractivity contribution is 6.31. The summed E-state index contributed by atoms with van der Waals surface area (Å²) in [5.74, 6) is 1.60. The zero-order valence-electron chi connectivity index (χ0n) is 12.9. The van der Waals surface area contributed by atoms with Gasteiger partial charge in [0.15, 0.2) is 11.5 Å². The van der Waals surface area contributed by atoms with Crippen LogP contribution in [-0.4, -0.2) is 24.6 Å². The standard InChI is InChI=1S/C18H18ClNO3/c1-20(11-14-4-2-3-5-15(14)19)18(21)9-7-13-6-8-16-17(10-13)23-12-22-16/h2-6,8,10H,7,9,11-12H2,1H3. The van der Waals surface area contributed by atoms with Crippen molar-refractivity contribution in [1.82, 2.24) is 4.90 Å². The first-order chi connectivity index (χ1) is 11.1. The van der Waals surface area contributed by atoms with Gasteiger partial charge in [-0.3, -0.25) is 4.79 Å². The predicted molar refractivity (Wildman–Crippen MR) is 88.8 cm³/mol. The fourth-order valence-electron chi connectivity index (χ4n) is 2.51. The van der Waals surface area contributed by atoms with Gasteiger partial charge >= 0.3 is 0 Å². The quantitative estimate of drug-likeness (QED) is 0.839. The molecule has 1 heterocycles. The van der Waals surface area contributed by atoms with E-state index in [0.29, 0.717) is 24.4 Å². The van der Waals surface area contributed by atoms with Crippen LogP contribution in [0.15, 0.2) is 42.5 Å². The number of hydrogen-bond donors (Lipinski definition) is 0. The second-order valence-electron chi connectivity index (χ2n) is 5.53. The molecule has 0 saturated carbocycles. The second-order valence-corrected chi connectivity index (χ2v) is 5.94. The molecule has 0 unspecified atom stereocenters. The number of carbonyl (C=O) groups excluding carboxylic acids is 1. The Morgan fingerprint density at radius 2 is 1.96 bits per heavy atom. The van der Waals surface area contributed by atoms with Gasteiger partial charge < -0.3 is 14.4 Å². The lowest BCUT2D eigenvalue weighted by molar-refractivity contribution is -0.130. The molecule has 0 radical (unpaired) electrons. The molecule has 0 saturated heterocycles. The van der Waals surface area contributed by atoms with Gasteiger partial charge in [0.25, 0.3) is 0 Å². The van der Waals surface area contributed by atoms with E-state index in [0.717, 1.165) is 22.6 Å². The van der Waals surface area contributed by atoms with Gasteiger partial charge in [-0.05, 0) is 35.7 Å². The highest BCUT2D eigenvalue weighted by Crippen LogP contribution is 2.32. The minimum Gasteiger partial charge on any atom is -0.454 e. The van der Waals surface area contributed by atoms with Crippen LogP contribution in [-0.2, 0) is 17.8 Å². The van der Waals surface area contributed by atoms with Crippen molar-refractivity contribution in [1.29, 1.82) is 0 Å². The van der Waals surface area contributed by atoms with E-state index >= 15 is 0 Å². The van der Waals surface area contributed by atoms with Crippen LogP contribution in [0.3, 0.4) is 0 Å². The summed E-state index contributed by atoms with van der Waals surface area (Å²) in [5, 5.41) is 0.683. The fraction of sp³-hybridized carbons (Fsp3) is 0.278. The number of amides is 1. The van der Waals surface area contributed by atoms with Gasteiger partial charge in [-0.25, -0.2) is 0 Å². The third-order valence-electron chi connectivity index (χ3n) is 3.86. The van der Waals surface area contributed by atoms with Gasteiger partial charge in [0.1, 0.15) is 0 Å². The molecule has 1 aliphatic heterocycles. The summed E-state index contributed by atoms with van der Waals surface area (Å²) < 4.78 is 10.6. The van der Waals surface area contributed by atoms with Gasteiger partial charge in [0.2, 0.25) is 12.7 Å². The van der Waals surface area contributed by atoms with Gasteiger partial charge in [-0.2, -0.15) is 0 Å². The highest BCUT2D eigenvalue weighted by atomic mass is 35.5. The summed E-state index contributed by atoms with van der Waals surface area (Å²) in [6.07, 6.45) is 1.11. The van der Waals surface area contributed by atoms with Crippen LogP contribution in [0.4, 0.5) is 0 Å². The molecule has 1 aliphatic rings. The maximum atomic E-state index is 12.3. The Labute approximate surface area is 140 Å². The Balaban J connectivity index is 1.55. The number of aryl methyl sites for hydroxylation is 1. The van der Waals surface area contributed by atoms with Crippen molar-refractivity contribution in [3.8, 4) is 11.5 Å². The van der Waals surface area contributed by atoms with Crippen molar-refractivity contribution in [2.45, 2.75) is 19.4 Å². The topological polar surface area (TPSA) is 38.8 Å². The number of carbonyl (C=O) groups is 1. The molecule has 23 heavy (non-hydrogen) atoms. The molecule has 120 valence electrons. The molecule has 0 bridgehead atoms. The average molecular weight is 332 g/mol. The number of rotatable bonds is 5. The molecule has 0 spiro atoms. The fourth-order valence-corrected chi connectivity index (χ4v) is 2.70. The van der Waals surface area contributed by atoms with E-state index in [-0.39, 0.29) is 12.7 Å². The summed E-state index contributed by atoms with van der Waals surface area (Å²) >= 11 is 6.14. The van der Waals surface area contributed by atoms with Gasteiger partial charge in [-0.15, -0.1) is 0 Å². The molecule has 4 nitrogen and oxygen atoms in total. The van der Waals surface area contributed by atoms with Crippen LogP contribution in [0.5, 0.6) is 11.5 Å². The van der Waals surface area contributed by atoms with E-state index in [1.165, 1.54) is 0 Å². The summed E-state index contributed by atoms with van der Waals surface area (Å²) in [6, 6.07) is 13.4. The van der Waals surface area contributed by atoms with E-state index in [1.807, 2.05) is 42.5 Å². The predicted octanol–water partition coefficient (Wildman–Crippen LogP) is 3.66. The molecule has 5 heteroatoms. The van der Waals surface area contributed by atoms with E-state index in [9.17, 15) is 4.79 Å². The van der Waals surface area contributed by atoms with E-state index in [4.69, 9.17) is 21.1 Å². The molecule has 0 aromatic heterocycles. The zero-order valence-corrected chi connectivity index (χ0v) is 13.7. The lowest BCUT2D eigenvalue weighted by Crippen LogP contribution is -2.26. The van der Waals surface area contributed by atoms with Crippen molar-refractivity contribution in [2.75, 3.05) is 13.8 Å². The minimum absolute atomic E-state index is 0.0857. The van der Waals surface area contributed by atoms with Gasteiger partial charge in [-0.1, -0.05) is 35.9 Å².